The second kappa shape index (κ2) is 7.40. The summed E-state index contributed by atoms with van der Waals surface area (Å²) >= 11 is 0. The molecule has 5 heteroatoms. The molecule has 0 amide bonds. The molecule has 0 aliphatic heterocycles. The summed E-state index contributed by atoms with van der Waals surface area (Å²) in [5.74, 6) is 1.66. The highest BCUT2D eigenvalue weighted by Crippen LogP contribution is 2.06. The number of hydrogen-bond donors (Lipinski definition) is 1. The van der Waals surface area contributed by atoms with Crippen molar-refractivity contribution in [2.24, 2.45) is 13.0 Å². The number of nitrogens with zero attached hydrogens (tertiary/aromatic N) is 3. The smallest absolute Gasteiger partial charge is 0.149 e. The molecule has 1 aromatic rings. The van der Waals surface area contributed by atoms with Gasteiger partial charge in [-0.1, -0.05) is 13.8 Å². The number of nitrogens with one attached hydrogen (secondary N) is 1. The molecule has 5 nitrogen and oxygen atoms in total. The number of hydrogen-bond acceptors (Lipinski definition) is 4. The summed E-state index contributed by atoms with van der Waals surface area (Å²) in [5.41, 5.74) is 0. The molecule has 17 heavy (non-hydrogen) atoms. The van der Waals surface area contributed by atoms with Crippen LogP contribution in [-0.4, -0.2) is 34.5 Å². The van der Waals surface area contributed by atoms with Crippen LogP contribution in [0.15, 0.2) is 6.33 Å². The van der Waals surface area contributed by atoms with Crippen molar-refractivity contribution in [3.63, 3.8) is 0 Å². The lowest BCUT2D eigenvalue weighted by Gasteiger charge is -2.13. The molecule has 1 heterocycles. The van der Waals surface area contributed by atoms with Crippen LogP contribution >= 0.6 is 0 Å². The number of aromatic nitrogens is 3. The molecule has 1 rings (SSSR count). The summed E-state index contributed by atoms with van der Waals surface area (Å²) in [7, 11) is 1.95. The molecule has 1 atom stereocenters. The van der Waals surface area contributed by atoms with Crippen molar-refractivity contribution in [3.05, 3.63) is 12.2 Å². The summed E-state index contributed by atoms with van der Waals surface area (Å²) in [6.07, 6.45) is 2.84. The lowest BCUT2D eigenvalue weighted by atomic mass is 10.1. The predicted octanol–water partition coefficient (Wildman–Crippen LogP) is 1.53. The highest BCUT2D eigenvalue weighted by atomic mass is 16.5. The summed E-state index contributed by atoms with van der Waals surface area (Å²) in [5, 5.41) is 11.3. The Balaban J connectivity index is 2.09. The molecule has 0 aliphatic rings. The Bertz CT molecular complexity index is 311. The van der Waals surface area contributed by atoms with Gasteiger partial charge in [0.15, 0.2) is 0 Å². The molecular weight excluding hydrogens is 216 g/mol. The summed E-state index contributed by atoms with van der Waals surface area (Å²) in [4.78, 5) is 0. The predicted molar refractivity (Wildman–Crippen MR) is 67.7 cm³/mol. The van der Waals surface area contributed by atoms with Crippen LogP contribution in [0.1, 0.15) is 39.1 Å². The van der Waals surface area contributed by atoms with Crippen molar-refractivity contribution < 1.29 is 4.74 Å². The summed E-state index contributed by atoms with van der Waals surface area (Å²) in [6.45, 7) is 8.92. The van der Waals surface area contributed by atoms with Gasteiger partial charge in [0.25, 0.3) is 0 Å². The largest absolute Gasteiger partial charge is 0.380 e. The van der Waals surface area contributed by atoms with E-state index in [2.05, 4.69) is 36.3 Å². The number of rotatable bonds is 8. The van der Waals surface area contributed by atoms with E-state index in [9.17, 15) is 0 Å². The molecule has 0 aromatic carbocycles. The van der Waals surface area contributed by atoms with Crippen molar-refractivity contribution in [3.8, 4) is 0 Å². The van der Waals surface area contributed by atoms with E-state index in [0.29, 0.717) is 5.92 Å². The van der Waals surface area contributed by atoms with Gasteiger partial charge in [0.05, 0.1) is 12.6 Å². The van der Waals surface area contributed by atoms with Gasteiger partial charge >= 0.3 is 0 Å². The van der Waals surface area contributed by atoms with Gasteiger partial charge < -0.3 is 14.6 Å². The average molecular weight is 240 g/mol. The van der Waals surface area contributed by atoms with Gasteiger partial charge in [-0.3, -0.25) is 0 Å². The standard InChI is InChI=1S/C12H24N4O/c1-10(2)5-7-17-8-6-13-11(3)12-15-14-9-16(12)4/h9-11,13H,5-8H2,1-4H3. The lowest BCUT2D eigenvalue weighted by molar-refractivity contribution is 0.123. The molecule has 0 spiro atoms. The van der Waals surface area contributed by atoms with Gasteiger partial charge in [-0.2, -0.15) is 0 Å². The molecule has 1 aromatic heterocycles. The van der Waals surface area contributed by atoms with E-state index in [0.717, 1.165) is 32.0 Å². The first-order valence-electron chi connectivity index (χ1n) is 6.26. The first kappa shape index (κ1) is 14.1. The maximum atomic E-state index is 5.54. The topological polar surface area (TPSA) is 52.0 Å². The van der Waals surface area contributed by atoms with E-state index < -0.39 is 0 Å². The van der Waals surface area contributed by atoms with Crippen LogP contribution in [0.4, 0.5) is 0 Å². The molecule has 1 unspecified atom stereocenters. The molecule has 0 saturated carbocycles. The van der Waals surface area contributed by atoms with Gasteiger partial charge in [0.2, 0.25) is 0 Å². The van der Waals surface area contributed by atoms with Crippen molar-refractivity contribution in [1.82, 2.24) is 20.1 Å². The number of aryl methyl sites for hydroxylation is 1. The summed E-state index contributed by atoms with van der Waals surface area (Å²) in [6, 6.07) is 0.205. The molecule has 0 fully saturated rings. The Morgan fingerprint density at radius 1 is 1.35 bits per heavy atom. The van der Waals surface area contributed by atoms with E-state index >= 15 is 0 Å². The average Bonchev–Trinajstić information content (AvgIpc) is 2.69. The second-order valence-corrected chi connectivity index (χ2v) is 4.77. The van der Waals surface area contributed by atoms with Crippen LogP contribution in [0.25, 0.3) is 0 Å². The third-order valence-corrected chi connectivity index (χ3v) is 2.67. The maximum absolute atomic E-state index is 5.54. The highest BCUT2D eigenvalue weighted by Gasteiger charge is 2.09. The Labute approximate surface area is 104 Å². The van der Waals surface area contributed by atoms with Crippen molar-refractivity contribution in [2.45, 2.75) is 33.2 Å². The quantitative estimate of drug-likeness (QED) is 0.700. The maximum Gasteiger partial charge on any atom is 0.149 e. The Kier molecular flexibility index (Phi) is 6.15. The van der Waals surface area contributed by atoms with Crippen molar-refractivity contribution in [2.75, 3.05) is 19.8 Å². The van der Waals surface area contributed by atoms with Crippen LogP contribution in [0.5, 0.6) is 0 Å². The second-order valence-electron chi connectivity index (χ2n) is 4.77. The van der Waals surface area contributed by atoms with Crippen LogP contribution in [-0.2, 0) is 11.8 Å². The Morgan fingerprint density at radius 2 is 2.12 bits per heavy atom. The van der Waals surface area contributed by atoms with Gasteiger partial charge in [0.1, 0.15) is 12.2 Å². The van der Waals surface area contributed by atoms with Gasteiger partial charge in [-0.15, -0.1) is 10.2 Å². The zero-order valence-electron chi connectivity index (χ0n) is 11.3. The highest BCUT2D eigenvalue weighted by molar-refractivity contribution is 4.91. The first-order valence-corrected chi connectivity index (χ1v) is 6.26. The van der Waals surface area contributed by atoms with Crippen LogP contribution in [0.2, 0.25) is 0 Å². The molecule has 0 saturated heterocycles. The Hall–Kier alpha value is -0.940. The molecule has 1 N–H and O–H groups in total. The minimum absolute atomic E-state index is 0.205. The molecule has 0 radical (unpaired) electrons. The number of ether oxygens (including phenoxy) is 1. The zero-order valence-corrected chi connectivity index (χ0v) is 11.3. The SMILES string of the molecule is CC(C)CCOCCNC(C)c1nncn1C. The fourth-order valence-corrected chi connectivity index (χ4v) is 1.54. The minimum Gasteiger partial charge on any atom is -0.380 e. The van der Waals surface area contributed by atoms with Crippen molar-refractivity contribution >= 4 is 0 Å². The fraction of sp³-hybridized carbons (Fsp3) is 0.833. The van der Waals surface area contributed by atoms with Gasteiger partial charge in [-0.05, 0) is 19.3 Å². The van der Waals surface area contributed by atoms with E-state index in [1.165, 1.54) is 0 Å². The van der Waals surface area contributed by atoms with E-state index in [1.54, 1.807) is 6.33 Å². The van der Waals surface area contributed by atoms with Crippen LogP contribution in [0.3, 0.4) is 0 Å². The monoisotopic (exact) mass is 240 g/mol. The molecular formula is C12H24N4O. The Morgan fingerprint density at radius 3 is 2.71 bits per heavy atom. The van der Waals surface area contributed by atoms with Crippen LogP contribution < -0.4 is 5.32 Å². The van der Waals surface area contributed by atoms with Gasteiger partial charge in [0, 0.05) is 20.2 Å². The third-order valence-electron chi connectivity index (χ3n) is 2.67. The zero-order chi connectivity index (χ0) is 12.7. The van der Waals surface area contributed by atoms with E-state index in [4.69, 9.17) is 4.74 Å². The first-order chi connectivity index (χ1) is 8.11. The minimum atomic E-state index is 0.205. The fourth-order valence-electron chi connectivity index (χ4n) is 1.54. The molecule has 98 valence electrons. The van der Waals surface area contributed by atoms with Gasteiger partial charge in [-0.25, -0.2) is 0 Å². The third kappa shape index (κ3) is 5.28. The van der Waals surface area contributed by atoms with Crippen molar-refractivity contribution in [1.29, 1.82) is 0 Å². The summed E-state index contributed by atoms with van der Waals surface area (Å²) < 4.78 is 7.46. The molecule has 0 bridgehead atoms. The normalized spacial score (nSPS) is 13.2. The van der Waals surface area contributed by atoms with E-state index in [-0.39, 0.29) is 6.04 Å². The lowest BCUT2D eigenvalue weighted by Crippen LogP contribution is -2.25. The molecule has 0 aliphatic carbocycles. The van der Waals surface area contributed by atoms with E-state index in [1.807, 2.05) is 11.6 Å². The van der Waals surface area contributed by atoms with Crippen LogP contribution in [0, 0.1) is 5.92 Å².